The lowest BCUT2D eigenvalue weighted by molar-refractivity contribution is 0.0761. The van der Waals surface area contributed by atoms with E-state index in [-0.39, 0.29) is 17.9 Å². The summed E-state index contributed by atoms with van der Waals surface area (Å²) in [6.45, 7) is 1.27. The fourth-order valence-electron chi connectivity index (χ4n) is 3.22. The summed E-state index contributed by atoms with van der Waals surface area (Å²) in [4.78, 5) is 34.9. The van der Waals surface area contributed by atoms with Gasteiger partial charge in [-0.05, 0) is 37.5 Å². The van der Waals surface area contributed by atoms with E-state index in [1.165, 1.54) is 18.6 Å². The molecule has 0 radical (unpaired) electrons. The van der Waals surface area contributed by atoms with Crippen molar-refractivity contribution >= 4 is 34.6 Å². The molecule has 4 rings (SSSR count). The summed E-state index contributed by atoms with van der Waals surface area (Å²) in [5.41, 5.74) is 2.48. The molecule has 9 heteroatoms. The van der Waals surface area contributed by atoms with E-state index in [0.29, 0.717) is 30.8 Å². The third-order valence-corrected chi connectivity index (χ3v) is 5.20. The third-order valence-electron chi connectivity index (χ3n) is 4.65. The Morgan fingerprint density at radius 2 is 2.00 bits per heavy atom. The number of aromatic nitrogens is 4. The number of likely N-dealkylation sites (tertiary alicyclic amines) is 1. The van der Waals surface area contributed by atoms with Crippen molar-refractivity contribution in [2.75, 3.05) is 13.1 Å². The minimum absolute atomic E-state index is 0.00852. The lowest BCUT2D eigenvalue weighted by Crippen LogP contribution is -2.37. The van der Waals surface area contributed by atoms with Crippen molar-refractivity contribution in [3.05, 3.63) is 48.0 Å². The minimum atomic E-state index is -0.227. The molecule has 1 N–H and O–H groups in total. The summed E-state index contributed by atoms with van der Waals surface area (Å²) in [6, 6.07) is 5.43. The number of hydrogen-bond donors (Lipinski definition) is 1. The number of benzene rings is 1. The average molecular weight is 382 g/mol. The molecule has 1 aromatic carbocycles. The molecular formula is C18H18N6O2S. The molecule has 1 aliphatic heterocycles. The van der Waals surface area contributed by atoms with Gasteiger partial charge < -0.3 is 10.2 Å². The Bertz CT molecular complexity index is 961. The normalized spacial score (nSPS) is 17.5. The van der Waals surface area contributed by atoms with Gasteiger partial charge in [-0.2, -0.15) is 8.75 Å². The van der Waals surface area contributed by atoms with Gasteiger partial charge in [0.2, 0.25) is 0 Å². The van der Waals surface area contributed by atoms with E-state index < -0.39 is 0 Å². The van der Waals surface area contributed by atoms with Gasteiger partial charge in [0.25, 0.3) is 11.8 Å². The quantitative estimate of drug-likeness (QED) is 0.742. The highest BCUT2D eigenvalue weighted by Gasteiger charge is 2.23. The summed E-state index contributed by atoms with van der Waals surface area (Å²) in [6.07, 6.45) is 6.84. The number of fused-ring (bicyclic) bond motifs is 1. The molecule has 2 aromatic heterocycles. The molecule has 0 spiro atoms. The maximum Gasteiger partial charge on any atom is 0.271 e. The Hall–Kier alpha value is -2.94. The van der Waals surface area contributed by atoms with Gasteiger partial charge >= 0.3 is 0 Å². The number of hydrogen-bond acceptors (Lipinski definition) is 7. The zero-order valence-corrected chi connectivity index (χ0v) is 15.4. The number of nitrogens with zero attached hydrogens (tertiary/aromatic N) is 5. The van der Waals surface area contributed by atoms with Crippen LogP contribution in [0.2, 0.25) is 0 Å². The molecule has 3 aromatic rings. The molecule has 0 bridgehead atoms. The summed E-state index contributed by atoms with van der Waals surface area (Å²) in [5, 5.41) is 3.00. The second kappa shape index (κ2) is 7.75. The van der Waals surface area contributed by atoms with E-state index in [4.69, 9.17) is 0 Å². The van der Waals surface area contributed by atoms with E-state index in [1.54, 1.807) is 12.1 Å². The molecule has 138 valence electrons. The van der Waals surface area contributed by atoms with Crippen LogP contribution in [0.1, 0.15) is 40.1 Å². The molecule has 3 heterocycles. The molecule has 0 unspecified atom stereocenters. The zero-order valence-electron chi connectivity index (χ0n) is 14.5. The van der Waals surface area contributed by atoms with Gasteiger partial charge in [0, 0.05) is 37.1 Å². The van der Waals surface area contributed by atoms with Crippen molar-refractivity contribution in [3.63, 3.8) is 0 Å². The van der Waals surface area contributed by atoms with Gasteiger partial charge in [0.05, 0.1) is 17.9 Å². The van der Waals surface area contributed by atoms with Crippen LogP contribution in [0, 0.1) is 0 Å². The Balaban J connectivity index is 1.39. The molecule has 0 aliphatic carbocycles. The predicted octanol–water partition coefficient (Wildman–Crippen LogP) is 1.91. The number of nitrogens with one attached hydrogen (secondary N) is 1. The van der Waals surface area contributed by atoms with E-state index in [0.717, 1.165) is 35.6 Å². The smallest absolute Gasteiger partial charge is 0.271 e. The molecule has 0 saturated carbocycles. The highest BCUT2D eigenvalue weighted by atomic mass is 32.1. The van der Waals surface area contributed by atoms with Crippen molar-refractivity contribution in [2.45, 2.75) is 25.3 Å². The van der Waals surface area contributed by atoms with Gasteiger partial charge in [-0.25, -0.2) is 4.98 Å². The maximum atomic E-state index is 12.8. The van der Waals surface area contributed by atoms with Gasteiger partial charge in [-0.1, -0.05) is 0 Å². The lowest BCUT2D eigenvalue weighted by Gasteiger charge is -2.21. The van der Waals surface area contributed by atoms with Crippen LogP contribution < -0.4 is 5.32 Å². The molecule has 1 saturated heterocycles. The van der Waals surface area contributed by atoms with Crippen molar-refractivity contribution < 1.29 is 9.59 Å². The van der Waals surface area contributed by atoms with Crippen LogP contribution in [-0.4, -0.2) is 54.6 Å². The number of carbonyl (C=O) groups is 2. The molecule has 8 nitrogen and oxygen atoms in total. The standard InChI is InChI=1S/C18H18N6O2S/c25-17(16-11-19-6-7-20-16)21-13-2-1-8-24(9-5-13)18(26)12-3-4-14-15(10-12)23-27-22-14/h3-4,6-7,10-11,13H,1-2,5,8-9H2,(H,21,25)/t13-/m1/s1. The highest BCUT2D eigenvalue weighted by Crippen LogP contribution is 2.18. The summed E-state index contributed by atoms with van der Waals surface area (Å²) in [7, 11) is 0. The summed E-state index contributed by atoms with van der Waals surface area (Å²) >= 11 is 1.14. The molecule has 1 fully saturated rings. The van der Waals surface area contributed by atoms with E-state index in [9.17, 15) is 9.59 Å². The maximum absolute atomic E-state index is 12.8. The molecule has 1 aliphatic rings. The molecule has 27 heavy (non-hydrogen) atoms. The summed E-state index contributed by atoms with van der Waals surface area (Å²) < 4.78 is 8.37. The number of rotatable bonds is 3. The largest absolute Gasteiger partial charge is 0.348 e. The first-order valence-corrected chi connectivity index (χ1v) is 9.52. The SMILES string of the molecule is O=C(N[C@@H]1CCCN(C(=O)c2ccc3nsnc3c2)CC1)c1cnccn1. The summed E-state index contributed by atoms with van der Waals surface area (Å²) in [5.74, 6) is -0.236. The number of amides is 2. The van der Waals surface area contributed by atoms with Gasteiger partial charge in [0.15, 0.2) is 0 Å². The first-order chi connectivity index (χ1) is 13.2. The molecule has 1 atom stereocenters. The van der Waals surface area contributed by atoms with Crippen LogP contribution in [0.25, 0.3) is 11.0 Å². The van der Waals surface area contributed by atoms with E-state index in [1.807, 2.05) is 11.0 Å². The second-order valence-electron chi connectivity index (χ2n) is 6.45. The zero-order chi connectivity index (χ0) is 18.6. The van der Waals surface area contributed by atoms with Crippen LogP contribution in [-0.2, 0) is 0 Å². The third kappa shape index (κ3) is 3.92. The van der Waals surface area contributed by atoms with Crippen molar-refractivity contribution in [1.29, 1.82) is 0 Å². The second-order valence-corrected chi connectivity index (χ2v) is 6.98. The van der Waals surface area contributed by atoms with Crippen molar-refractivity contribution in [1.82, 2.24) is 28.9 Å². The highest BCUT2D eigenvalue weighted by molar-refractivity contribution is 7.00. The lowest BCUT2D eigenvalue weighted by atomic mass is 10.1. The number of carbonyl (C=O) groups excluding carboxylic acids is 2. The van der Waals surface area contributed by atoms with Gasteiger partial charge in [0.1, 0.15) is 16.7 Å². The van der Waals surface area contributed by atoms with Gasteiger partial charge in [-0.3, -0.25) is 14.6 Å². The van der Waals surface area contributed by atoms with E-state index >= 15 is 0 Å². The first-order valence-electron chi connectivity index (χ1n) is 8.79. The van der Waals surface area contributed by atoms with Crippen molar-refractivity contribution in [2.24, 2.45) is 0 Å². The van der Waals surface area contributed by atoms with Crippen LogP contribution in [0.15, 0.2) is 36.8 Å². The Labute approximate surface area is 160 Å². The fourth-order valence-corrected chi connectivity index (χ4v) is 3.73. The fraction of sp³-hybridized carbons (Fsp3) is 0.333. The molecular weight excluding hydrogens is 364 g/mol. The average Bonchev–Trinajstić information content (AvgIpc) is 3.06. The van der Waals surface area contributed by atoms with Crippen LogP contribution in [0.5, 0.6) is 0 Å². The van der Waals surface area contributed by atoms with Crippen LogP contribution in [0.3, 0.4) is 0 Å². The monoisotopic (exact) mass is 382 g/mol. The topological polar surface area (TPSA) is 101 Å². The molecule has 2 amide bonds. The Kier molecular flexibility index (Phi) is 5.01. The van der Waals surface area contributed by atoms with E-state index in [2.05, 4.69) is 24.0 Å². The van der Waals surface area contributed by atoms with Crippen molar-refractivity contribution in [3.8, 4) is 0 Å². The Morgan fingerprint density at radius 1 is 1.11 bits per heavy atom. The van der Waals surface area contributed by atoms with Crippen LogP contribution in [0.4, 0.5) is 0 Å². The van der Waals surface area contributed by atoms with Gasteiger partial charge in [-0.15, -0.1) is 0 Å². The predicted molar refractivity (Wildman–Crippen MR) is 100 cm³/mol. The minimum Gasteiger partial charge on any atom is -0.348 e. The first kappa shape index (κ1) is 17.5. The van der Waals surface area contributed by atoms with Crippen LogP contribution >= 0.6 is 11.7 Å². The Morgan fingerprint density at radius 3 is 2.85 bits per heavy atom.